The van der Waals surface area contributed by atoms with Crippen LogP contribution in [0, 0.1) is 11.3 Å². The Labute approximate surface area is 112 Å². The van der Waals surface area contributed by atoms with Gasteiger partial charge in [0.2, 0.25) is 0 Å². The van der Waals surface area contributed by atoms with E-state index in [1.807, 2.05) is 0 Å². The normalized spacial score (nSPS) is 24.9. The highest BCUT2D eigenvalue weighted by molar-refractivity contribution is 5.79. The fraction of sp³-hybridized carbons (Fsp3) is 0.846. The van der Waals surface area contributed by atoms with E-state index in [2.05, 4.69) is 5.32 Å². The van der Waals surface area contributed by atoms with E-state index in [0.717, 1.165) is 19.3 Å². The first-order valence-corrected chi connectivity index (χ1v) is 6.94. The number of carbonyl (C=O) groups is 2. The number of likely N-dealkylation sites (tertiary alicyclic amines) is 1. The standard InChI is InChI=1S/C13H22N2O4/c16-7-3-10-2-6-15(8-10)12(19)14-9-13(11(17)18)4-1-5-13/h10,16H,1-9H2,(H,14,19)(H,17,18). The Morgan fingerprint density at radius 1 is 1.37 bits per heavy atom. The minimum Gasteiger partial charge on any atom is -0.481 e. The summed E-state index contributed by atoms with van der Waals surface area (Å²) in [6.07, 6.45) is 3.86. The molecule has 6 nitrogen and oxygen atoms in total. The van der Waals surface area contributed by atoms with Crippen LogP contribution in [0.5, 0.6) is 0 Å². The number of nitrogens with one attached hydrogen (secondary N) is 1. The van der Waals surface area contributed by atoms with Crippen molar-refractivity contribution in [3.05, 3.63) is 0 Å². The van der Waals surface area contributed by atoms with Gasteiger partial charge in [0, 0.05) is 26.2 Å². The van der Waals surface area contributed by atoms with Crippen LogP contribution in [0.2, 0.25) is 0 Å². The van der Waals surface area contributed by atoms with Crippen molar-refractivity contribution in [3.8, 4) is 0 Å². The summed E-state index contributed by atoms with van der Waals surface area (Å²) in [7, 11) is 0. The lowest BCUT2D eigenvalue weighted by atomic mass is 9.69. The molecule has 2 fully saturated rings. The number of hydrogen-bond donors (Lipinski definition) is 3. The predicted octanol–water partition coefficient (Wildman–Crippen LogP) is 0.655. The summed E-state index contributed by atoms with van der Waals surface area (Å²) in [4.78, 5) is 24.9. The van der Waals surface area contributed by atoms with Gasteiger partial charge in [-0.15, -0.1) is 0 Å². The van der Waals surface area contributed by atoms with Crippen LogP contribution < -0.4 is 5.32 Å². The molecule has 3 N–H and O–H groups in total. The number of hydrogen-bond acceptors (Lipinski definition) is 3. The molecule has 0 bridgehead atoms. The lowest BCUT2D eigenvalue weighted by molar-refractivity contribution is -0.153. The molecule has 0 aromatic carbocycles. The maximum atomic E-state index is 12.0. The van der Waals surface area contributed by atoms with Crippen molar-refractivity contribution >= 4 is 12.0 Å². The van der Waals surface area contributed by atoms with Crippen LogP contribution in [0.25, 0.3) is 0 Å². The first-order chi connectivity index (χ1) is 9.07. The smallest absolute Gasteiger partial charge is 0.317 e. The number of aliphatic hydroxyl groups excluding tert-OH is 1. The van der Waals surface area contributed by atoms with Gasteiger partial charge in [-0.25, -0.2) is 4.79 Å². The molecule has 1 saturated heterocycles. The van der Waals surface area contributed by atoms with Crippen LogP contribution >= 0.6 is 0 Å². The zero-order chi connectivity index (χ0) is 13.9. The molecule has 0 aromatic rings. The molecule has 2 rings (SSSR count). The quantitative estimate of drug-likeness (QED) is 0.684. The molecule has 1 unspecified atom stereocenters. The van der Waals surface area contributed by atoms with E-state index < -0.39 is 11.4 Å². The van der Waals surface area contributed by atoms with Gasteiger partial charge in [-0.2, -0.15) is 0 Å². The topological polar surface area (TPSA) is 89.9 Å². The first kappa shape index (κ1) is 14.1. The van der Waals surface area contributed by atoms with Crippen LogP contribution in [0.1, 0.15) is 32.1 Å². The van der Waals surface area contributed by atoms with Gasteiger partial charge in [-0.3, -0.25) is 4.79 Å². The molecule has 6 heteroatoms. The number of aliphatic hydroxyl groups is 1. The van der Waals surface area contributed by atoms with Gasteiger partial charge in [0.15, 0.2) is 0 Å². The molecular weight excluding hydrogens is 248 g/mol. The van der Waals surface area contributed by atoms with Gasteiger partial charge in [0.25, 0.3) is 0 Å². The fourth-order valence-electron chi connectivity index (χ4n) is 2.86. The monoisotopic (exact) mass is 270 g/mol. The number of nitrogens with zero attached hydrogens (tertiary/aromatic N) is 1. The minimum atomic E-state index is -0.807. The van der Waals surface area contributed by atoms with Gasteiger partial charge in [0.1, 0.15) is 0 Å². The van der Waals surface area contributed by atoms with E-state index in [-0.39, 0.29) is 19.2 Å². The average molecular weight is 270 g/mol. The predicted molar refractivity (Wildman–Crippen MR) is 68.7 cm³/mol. The molecule has 19 heavy (non-hydrogen) atoms. The summed E-state index contributed by atoms with van der Waals surface area (Å²) in [5, 5.41) is 20.8. The molecule has 1 saturated carbocycles. The zero-order valence-corrected chi connectivity index (χ0v) is 11.1. The maximum absolute atomic E-state index is 12.0. The van der Waals surface area contributed by atoms with Gasteiger partial charge in [-0.1, -0.05) is 6.42 Å². The highest BCUT2D eigenvalue weighted by Gasteiger charge is 2.44. The second-order valence-electron chi connectivity index (χ2n) is 5.71. The Hall–Kier alpha value is -1.30. The van der Waals surface area contributed by atoms with Crippen molar-refractivity contribution < 1.29 is 19.8 Å². The molecule has 1 aliphatic heterocycles. The summed E-state index contributed by atoms with van der Waals surface area (Å²) in [6, 6.07) is -0.173. The number of aliphatic carboxylic acids is 1. The summed E-state index contributed by atoms with van der Waals surface area (Å²) >= 11 is 0. The number of carboxylic acids is 1. The van der Waals surface area contributed by atoms with Crippen molar-refractivity contribution in [1.82, 2.24) is 10.2 Å². The molecule has 1 heterocycles. The molecule has 2 amide bonds. The third-order valence-electron chi connectivity index (χ3n) is 4.45. The highest BCUT2D eigenvalue weighted by atomic mass is 16.4. The van der Waals surface area contributed by atoms with Crippen LogP contribution in [-0.2, 0) is 4.79 Å². The molecule has 2 aliphatic rings. The maximum Gasteiger partial charge on any atom is 0.317 e. The first-order valence-electron chi connectivity index (χ1n) is 6.94. The van der Waals surface area contributed by atoms with Crippen molar-refractivity contribution in [1.29, 1.82) is 0 Å². The van der Waals surface area contributed by atoms with Crippen molar-refractivity contribution in [2.45, 2.75) is 32.1 Å². The molecule has 1 atom stereocenters. The van der Waals surface area contributed by atoms with Crippen LogP contribution in [0.4, 0.5) is 4.79 Å². The number of carboxylic acid groups (broad SMARTS) is 1. The Bertz CT molecular complexity index is 355. The van der Waals surface area contributed by atoms with E-state index >= 15 is 0 Å². The van der Waals surface area contributed by atoms with E-state index in [0.29, 0.717) is 31.8 Å². The number of rotatable bonds is 5. The second kappa shape index (κ2) is 5.77. The van der Waals surface area contributed by atoms with E-state index in [9.17, 15) is 14.7 Å². The number of amides is 2. The highest BCUT2D eigenvalue weighted by Crippen LogP contribution is 2.40. The Morgan fingerprint density at radius 3 is 2.63 bits per heavy atom. The average Bonchev–Trinajstić information content (AvgIpc) is 2.76. The number of carbonyl (C=O) groups excluding carboxylic acids is 1. The van der Waals surface area contributed by atoms with Gasteiger partial charge in [0.05, 0.1) is 5.41 Å². The zero-order valence-electron chi connectivity index (χ0n) is 11.1. The fourth-order valence-corrected chi connectivity index (χ4v) is 2.86. The molecule has 108 valence electrons. The molecule has 0 aromatic heterocycles. The van der Waals surface area contributed by atoms with Crippen molar-refractivity contribution in [2.24, 2.45) is 11.3 Å². The van der Waals surface area contributed by atoms with Gasteiger partial charge < -0.3 is 20.4 Å². The third kappa shape index (κ3) is 3.00. The summed E-state index contributed by atoms with van der Waals surface area (Å²) in [6.45, 7) is 1.73. The molecule has 0 radical (unpaired) electrons. The summed E-state index contributed by atoms with van der Waals surface area (Å²) in [5.41, 5.74) is -0.736. The third-order valence-corrected chi connectivity index (χ3v) is 4.45. The van der Waals surface area contributed by atoms with Crippen LogP contribution in [0.15, 0.2) is 0 Å². The second-order valence-corrected chi connectivity index (χ2v) is 5.71. The van der Waals surface area contributed by atoms with Crippen molar-refractivity contribution in [2.75, 3.05) is 26.2 Å². The lowest BCUT2D eigenvalue weighted by Gasteiger charge is -2.37. The largest absolute Gasteiger partial charge is 0.481 e. The Balaban J connectivity index is 1.77. The van der Waals surface area contributed by atoms with Gasteiger partial charge in [-0.05, 0) is 31.6 Å². The molecule has 0 spiro atoms. The SMILES string of the molecule is O=C(NCC1(C(=O)O)CCC1)N1CCC(CCO)C1. The molecule has 1 aliphatic carbocycles. The van der Waals surface area contributed by atoms with E-state index in [1.54, 1.807) is 4.90 Å². The van der Waals surface area contributed by atoms with E-state index in [4.69, 9.17) is 5.11 Å². The lowest BCUT2D eigenvalue weighted by Crippen LogP contribution is -2.50. The summed E-state index contributed by atoms with van der Waals surface area (Å²) in [5.74, 6) is -0.438. The van der Waals surface area contributed by atoms with Gasteiger partial charge >= 0.3 is 12.0 Å². The number of urea groups is 1. The Morgan fingerprint density at radius 2 is 2.11 bits per heavy atom. The van der Waals surface area contributed by atoms with Crippen LogP contribution in [0.3, 0.4) is 0 Å². The van der Waals surface area contributed by atoms with Crippen LogP contribution in [-0.4, -0.2) is 53.4 Å². The molecular formula is C13H22N2O4. The van der Waals surface area contributed by atoms with E-state index in [1.165, 1.54) is 0 Å². The van der Waals surface area contributed by atoms with Crippen molar-refractivity contribution in [3.63, 3.8) is 0 Å². The minimum absolute atomic E-state index is 0.155. The summed E-state index contributed by atoms with van der Waals surface area (Å²) < 4.78 is 0. The Kier molecular flexibility index (Phi) is 4.29.